The molecule has 0 spiro atoms. The molecule has 1 N–H and O–H groups in total. The Morgan fingerprint density at radius 2 is 1.94 bits per heavy atom. The van der Waals surface area contributed by atoms with Crippen LogP contribution < -0.4 is 0 Å². The van der Waals surface area contributed by atoms with Crippen molar-refractivity contribution in [3.05, 3.63) is 53.4 Å². The lowest BCUT2D eigenvalue weighted by Gasteiger charge is -2.08. The highest BCUT2D eigenvalue weighted by Gasteiger charge is 2.16. The van der Waals surface area contributed by atoms with E-state index in [-0.39, 0.29) is 22.3 Å². The Bertz CT molecular complexity index is 626. The molecule has 0 aliphatic heterocycles. The maximum absolute atomic E-state index is 13.7. The molecule has 0 radical (unpaired) electrons. The van der Waals surface area contributed by atoms with Crippen molar-refractivity contribution in [1.29, 1.82) is 0 Å². The lowest BCUT2D eigenvalue weighted by atomic mass is 9.99. The van der Waals surface area contributed by atoms with Gasteiger partial charge in [-0.15, -0.1) is 0 Å². The fourth-order valence-corrected chi connectivity index (χ4v) is 1.66. The van der Waals surface area contributed by atoms with Crippen LogP contribution in [-0.4, -0.2) is 16.1 Å². The van der Waals surface area contributed by atoms with Crippen molar-refractivity contribution in [2.45, 2.75) is 6.92 Å². The number of aromatic carboxylic acids is 1. The summed E-state index contributed by atoms with van der Waals surface area (Å²) in [5, 5.41) is 9.02. The molecular formula is C13H9F2NO2. The second-order valence-corrected chi connectivity index (χ2v) is 3.81. The number of aromatic nitrogens is 1. The maximum Gasteiger partial charge on any atom is 0.336 e. The van der Waals surface area contributed by atoms with E-state index in [0.29, 0.717) is 0 Å². The van der Waals surface area contributed by atoms with Crippen molar-refractivity contribution in [3.63, 3.8) is 0 Å². The highest BCUT2D eigenvalue weighted by Crippen LogP contribution is 2.27. The fraction of sp³-hybridized carbons (Fsp3) is 0.0769. The largest absolute Gasteiger partial charge is 0.478 e. The number of aryl methyl sites for hydroxylation is 1. The molecule has 0 saturated carbocycles. The average molecular weight is 249 g/mol. The lowest BCUT2D eigenvalue weighted by Crippen LogP contribution is -2.01. The Kier molecular flexibility index (Phi) is 3.06. The molecule has 1 aromatic heterocycles. The number of pyridine rings is 1. The van der Waals surface area contributed by atoms with Gasteiger partial charge in [-0.2, -0.15) is 0 Å². The number of carboxylic acid groups (broad SMARTS) is 1. The number of rotatable bonds is 2. The summed E-state index contributed by atoms with van der Waals surface area (Å²) in [6.45, 7) is 1.48. The summed E-state index contributed by atoms with van der Waals surface area (Å²) in [6.07, 6.45) is 2.56. The molecule has 0 fully saturated rings. The van der Waals surface area contributed by atoms with Crippen LogP contribution in [0.4, 0.5) is 8.78 Å². The lowest BCUT2D eigenvalue weighted by molar-refractivity contribution is 0.0697. The van der Waals surface area contributed by atoms with E-state index in [0.717, 1.165) is 6.07 Å². The number of benzene rings is 1. The van der Waals surface area contributed by atoms with Crippen LogP contribution in [0.25, 0.3) is 11.1 Å². The number of halogens is 2. The van der Waals surface area contributed by atoms with Gasteiger partial charge in [-0.3, -0.25) is 4.98 Å². The topological polar surface area (TPSA) is 50.2 Å². The SMILES string of the molecule is Cc1cc(-c2cnccc2C(=O)O)c(F)cc1F. The van der Waals surface area contributed by atoms with Crippen LogP contribution in [0, 0.1) is 18.6 Å². The minimum Gasteiger partial charge on any atom is -0.478 e. The Hall–Kier alpha value is -2.30. The van der Waals surface area contributed by atoms with Gasteiger partial charge in [0.1, 0.15) is 11.6 Å². The van der Waals surface area contributed by atoms with Gasteiger partial charge < -0.3 is 5.11 Å². The highest BCUT2D eigenvalue weighted by atomic mass is 19.1. The Labute approximate surface area is 102 Å². The van der Waals surface area contributed by atoms with Crippen LogP contribution >= 0.6 is 0 Å². The molecule has 0 aliphatic rings. The molecule has 0 atom stereocenters. The maximum atomic E-state index is 13.7. The van der Waals surface area contributed by atoms with Gasteiger partial charge in [0.25, 0.3) is 0 Å². The van der Waals surface area contributed by atoms with Gasteiger partial charge in [0, 0.05) is 29.6 Å². The Morgan fingerprint density at radius 1 is 1.22 bits per heavy atom. The number of carboxylic acids is 1. The van der Waals surface area contributed by atoms with Gasteiger partial charge >= 0.3 is 5.97 Å². The zero-order valence-corrected chi connectivity index (χ0v) is 9.45. The van der Waals surface area contributed by atoms with Crippen LogP contribution in [-0.2, 0) is 0 Å². The summed E-state index contributed by atoms with van der Waals surface area (Å²) in [4.78, 5) is 14.8. The van der Waals surface area contributed by atoms with Crippen LogP contribution in [0.2, 0.25) is 0 Å². The zero-order valence-electron chi connectivity index (χ0n) is 9.45. The minimum atomic E-state index is -1.19. The third-order valence-electron chi connectivity index (χ3n) is 2.59. The number of hydrogen-bond donors (Lipinski definition) is 1. The first-order chi connectivity index (χ1) is 8.50. The molecule has 3 nitrogen and oxygen atoms in total. The van der Waals surface area contributed by atoms with E-state index < -0.39 is 17.6 Å². The first-order valence-electron chi connectivity index (χ1n) is 5.14. The van der Waals surface area contributed by atoms with Crippen molar-refractivity contribution >= 4 is 5.97 Å². The molecule has 0 saturated heterocycles. The smallest absolute Gasteiger partial charge is 0.336 e. The fourth-order valence-electron chi connectivity index (χ4n) is 1.66. The standard InChI is InChI=1S/C13H9F2NO2/c1-7-4-9(12(15)5-11(7)14)10-6-16-3-2-8(10)13(17)18/h2-6H,1H3,(H,17,18). The third kappa shape index (κ3) is 2.07. The van der Waals surface area contributed by atoms with E-state index >= 15 is 0 Å². The molecule has 0 bridgehead atoms. The van der Waals surface area contributed by atoms with Gasteiger partial charge in [-0.25, -0.2) is 13.6 Å². The van der Waals surface area contributed by atoms with E-state index in [9.17, 15) is 13.6 Å². The minimum absolute atomic E-state index is 0.0272. The monoisotopic (exact) mass is 249 g/mol. The first kappa shape index (κ1) is 12.2. The summed E-state index contributed by atoms with van der Waals surface area (Å²) >= 11 is 0. The molecule has 2 rings (SSSR count). The quantitative estimate of drug-likeness (QED) is 0.889. The average Bonchev–Trinajstić information content (AvgIpc) is 2.34. The normalized spacial score (nSPS) is 10.4. The number of nitrogens with zero attached hydrogens (tertiary/aromatic N) is 1. The molecule has 0 amide bonds. The molecule has 0 unspecified atom stereocenters. The zero-order chi connectivity index (χ0) is 13.3. The second-order valence-electron chi connectivity index (χ2n) is 3.81. The Morgan fingerprint density at radius 3 is 2.61 bits per heavy atom. The van der Waals surface area contributed by atoms with Gasteiger partial charge in [0.05, 0.1) is 5.56 Å². The first-order valence-corrected chi connectivity index (χ1v) is 5.14. The molecule has 18 heavy (non-hydrogen) atoms. The number of carbonyl (C=O) groups is 1. The van der Waals surface area contributed by atoms with Gasteiger partial charge in [-0.05, 0) is 24.6 Å². The predicted octanol–water partition coefficient (Wildman–Crippen LogP) is 3.03. The molecule has 1 heterocycles. The van der Waals surface area contributed by atoms with Gasteiger partial charge in [0.15, 0.2) is 0 Å². The third-order valence-corrected chi connectivity index (χ3v) is 2.59. The van der Waals surface area contributed by atoms with Crippen molar-refractivity contribution in [2.75, 3.05) is 0 Å². The van der Waals surface area contributed by atoms with Gasteiger partial charge in [-0.1, -0.05) is 0 Å². The summed E-state index contributed by atoms with van der Waals surface area (Å²) in [5.74, 6) is -2.67. The van der Waals surface area contributed by atoms with Crippen LogP contribution in [0.1, 0.15) is 15.9 Å². The molecule has 2 aromatic rings. The Balaban J connectivity index is 2.69. The highest BCUT2D eigenvalue weighted by molar-refractivity contribution is 5.95. The van der Waals surface area contributed by atoms with Crippen LogP contribution in [0.15, 0.2) is 30.6 Å². The van der Waals surface area contributed by atoms with Crippen molar-refractivity contribution < 1.29 is 18.7 Å². The second kappa shape index (κ2) is 4.52. The molecular weight excluding hydrogens is 240 g/mol. The summed E-state index contributed by atoms with van der Waals surface area (Å²) in [5.41, 5.74) is 0.325. The van der Waals surface area contributed by atoms with Crippen molar-refractivity contribution in [1.82, 2.24) is 4.98 Å². The van der Waals surface area contributed by atoms with E-state index in [1.807, 2.05) is 0 Å². The van der Waals surface area contributed by atoms with Crippen LogP contribution in [0.5, 0.6) is 0 Å². The molecule has 0 aliphatic carbocycles. The van der Waals surface area contributed by atoms with Crippen molar-refractivity contribution in [2.24, 2.45) is 0 Å². The summed E-state index contributed by atoms with van der Waals surface area (Å²) in [7, 11) is 0. The predicted molar refractivity (Wildman–Crippen MR) is 61.3 cm³/mol. The van der Waals surface area contributed by atoms with Crippen molar-refractivity contribution in [3.8, 4) is 11.1 Å². The van der Waals surface area contributed by atoms with E-state index in [2.05, 4.69) is 4.98 Å². The van der Waals surface area contributed by atoms with Gasteiger partial charge in [0.2, 0.25) is 0 Å². The van der Waals surface area contributed by atoms with E-state index in [1.165, 1.54) is 31.5 Å². The summed E-state index contributed by atoms with van der Waals surface area (Å²) in [6, 6.07) is 3.28. The van der Waals surface area contributed by atoms with Crippen LogP contribution in [0.3, 0.4) is 0 Å². The molecule has 1 aromatic carbocycles. The number of hydrogen-bond acceptors (Lipinski definition) is 2. The van der Waals surface area contributed by atoms with E-state index in [4.69, 9.17) is 5.11 Å². The van der Waals surface area contributed by atoms with E-state index in [1.54, 1.807) is 0 Å². The molecule has 92 valence electrons. The summed E-state index contributed by atoms with van der Waals surface area (Å²) < 4.78 is 26.9. The molecule has 5 heteroatoms.